The Bertz CT molecular complexity index is 742. The molecule has 0 saturated heterocycles. The third kappa shape index (κ3) is 3.12. The fourth-order valence-electron chi connectivity index (χ4n) is 1.83. The van der Waals surface area contributed by atoms with Gasteiger partial charge in [0.15, 0.2) is 5.58 Å². The van der Waals surface area contributed by atoms with E-state index in [0.29, 0.717) is 46.5 Å². The molecule has 0 saturated carbocycles. The molecule has 3 aromatic rings. The van der Waals surface area contributed by atoms with Crippen molar-refractivity contribution < 1.29 is 9.52 Å². The summed E-state index contributed by atoms with van der Waals surface area (Å²) in [6, 6.07) is 5.28. The molecular formula is C14H13ClN4O2. The number of aliphatic hydroxyl groups is 1. The van der Waals surface area contributed by atoms with Crippen molar-refractivity contribution in [3.05, 3.63) is 35.6 Å². The van der Waals surface area contributed by atoms with Crippen molar-refractivity contribution in [2.24, 2.45) is 0 Å². The third-order valence-electron chi connectivity index (χ3n) is 2.87. The van der Waals surface area contributed by atoms with Gasteiger partial charge < -0.3 is 14.8 Å². The zero-order valence-electron chi connectivity index (χ0n) is 11.1. The summed E-state index contributed by atoms with van der Waals surface area (Å²) >= 11 is 5.92. The SMILES string of the molecule is OCCCNc1ncc(-c2nc3cc(Cl)ccc3o2)cn1. The first-order chi connectivity index (χ1) is 10.3. The second kappa shape index (κ2) is 6.07. The zero-order chi connectivity index (χ0) is 14.7. The van der Waals surface area contributed by atoms with E-state index in [1.54, 1.807) is 30.6 Å². The minimum absolute atomic E-state index is 0.135. The fraction of sp³-hybridized carbons (Fsp3) is 0.214. The number of hydrogen-bond donors (Lipinski definition) is 2. The molecule has 21 heavy (non-hydrogen) atoms. The van der Waals surface area contributed by atoms with Gasteiger partial charge in [-0.2, -0.15) is 0 Å². The first-order valence-corrected chi connectivity index (χ1v) is 6.87. The van der Waals surface area contributed by atoms with E-state index in [-0.39, 0.29) is 6.61 Å². The van der Waals surface area contributed by atoms with Crippen LogP contribution in [0.1, 0.15) is 6.42 Å². The number of hydrogen-bond acceptors (Lipinski definition) is 6. The van der Waals surface area contributed by atoms with E-state index in [0.717, 1.165) is 0 Å². The molecule has 3 rings (SSSR count). The molecule has 0 bridgehead atoms. The van der Waals surface area contributed by atoms with Crippen LogP contribution in [-0.2, 0) is 0 Å². The van der Waals surface area contributed by atoms with E-state index in [1.165, 1.54) is 0 Å². The van der Waals surface area contributed by atoms with Gasteiger partial charge >= 0.3 is 0 Å². The Morgan fingerprint density at radius 3 is 2.81 bits per heavy atom. The molecule has 0 fully saturated rings. The maximum Gasteiger partial charge on any atom is 0.230 e. The number of aromatic nitrogens is 3. The first-order valence-electron chi connectivity index (χ1n) is 6.49. The van der Waals surface area contributed by atoms with E-state index in [2.05, 4.69) is 20.3 Å². The lowest BCUT2D eigenvalue weighted by atomic mass is 10.3. The Morgan fingerprint density at radius 2 is 2.05 bits per heavy atom. The number of nitrogens with one attached hydrogen (secondary N) is 1. The lowest BCUT2D eigenvalue weighted by Gasteiger charge is -2.02. The van der Waals surface area contributed by atoms with E-state index < -0.39 is 0 Å². The van der Waals surface area contributed by atoms with Crippen LogP contribution in [0.3, 0.4) is 0 Å². The second-order valence-corrected chi connectivity index (χ2v) is 4.87. The third-order valence-corrected chi connectivity index (χ3v) is 3.10. The largest absolute Gasteiger partial charge is 0.436 e. The number of nitrogens with zero attached hydrogens (tertiary/aromatic N) is 3. The van der Waals surface area contributed by atoms with Crippen molar-refractivity contribution in [1.29, 1.82) is 0 Å². The molecule has 7 heteroatoms. The number of anilines is 1. The van der Waals surface area contributed by atoms with Crippen LogP contribution in [0, 0.1) is 0 Å². The van der Waals surface area contributed by atoms with Crippen molar-refractivity contribution >= 4 is 28.6 Å². The maximum absolute atomic E-state index is 8.71. The van der Waals surface area contributed by atoms with Crippen LogP contribution >= 0.6 is 11.6 Å². The van der Waals surface area contributed by atoms with Gasteiger partial charge in [-0.15, -0.1) is 0 Å². The number of halogens is 1. The molecule has 0 aliphatic heterocycles. The summed E-state index contributed by atoms with van der Waals surface area (Å²) in [5.41, 5.74) is 2.05. The summed E-state index contributed by atoms with van der Waals surface area (Å²) in [6.45, 7) is 0.758. The summed E-state index contributed by atoms with van der Waals surface area (Å²) in [6.07, 6.45) is 3.93. The Morgan fingerprint density at radius 1 is 1.24 bits per heavy atom. The summed E-state index contributed by atoms with van der Waals surface area (Å²) in [5.74, 6) is 0.959. The molecule has 2 N–H and O–H groups in total. The van der Waals surface area contributed by atoms with E-state index in [4.69, 9.17) is 21.1 Å². The van der Waals surface area contributed by atoms with Gasteiger partial charge in [-0.05, 0) is 24.6 Å². The van der Waals surface area contributed by atoms with Crippen LogP contribution in [0.5, 0.6) is 0 Å². The quantitative estimate of drug-likeness (QED) is 0.705. The van der Waals surface area contributed by atoms with Crippen molar-refractivity contribution in [3.8, 4) is 11.5 Å². The number of fused-ring (bicyclic) bond motifs is 1. The summed E-state index contributed by atoms with van der Waals surface area (Å²) in [5, 5.41) is 12.3. The number of rotatable bonds is 5. The molecular weight excluding hydrogens is 292 g/mol. The summed E-state index contributed by atoms with van der Waals surface area (Å²) in [7, 11) is 0. The smallest absolute Gasteiger partial charge is 0.230 e. The minimum atomic E-state index is 0.135. The van der Waals surface area contributed by atoms with Crippen molar-refractivity contribution in [1.82, 2.24) is 15.0 Å². The molecule has 2 aromatic heterocycles. The predicted molar refractivity (Wildman–Crippen MR) is 80.2 cm³/mol. The molecule has 0 atom stereocenters. The Balaban J connectivity index is 1.81. The van der Waals surface area contributed by atoms with Crippen LogP contribution in [0.2, 0.25) is 5.02 Å². The van der Waals surface area contributed by atoms with Gasteiger partial charge in [0.25, 0.3) is 0 Å². The lowest BCUT2D eigenvalue weighted by Crippen LogP contribution is -2.06. The van der Waals surface area contributed by atoms with Crippen molar-refractivity contribution in [3.63, 3.8) is 0 Å². The van der Waals surface area contributed by atoms with E-state index in [1.807, 2.05) is 0 Å². The molecule has 0 aliphatic carbocycles. The number of oxazole rings is 1. The fourth-order valence-corrected chi connectivity index (χ4v) is 2.00. The standard InChI is InChI=1S/C14H13ClN4O2/c15-10-2-3-12-11(6-10)19-13(21-12)9-7-17-14(18-8-9)16-4-1-5-20/h2-3,6-8,20H,1,4-5H2,(H,16,17,18). The van der Waals surface area contributed by atoms with Crippen LogP contribution in [0.15, 0.2) is 35.0 Å². The van der Waals surface area contributed by atoms with Gasteiger partial charge in [-0.1, -0.05) is 11.6 Å². The number of benzene rings is 1. The second-order valence-electron chi connectivity index (χ2n) is 4.43. The average molecular weight is 305 g/mol. The molecule has 2 heterocycles. The Kier molecular flexibility index (Phi) is 3.98. The molecule has 6 nitrogen and oxygen atoms in total. The van der Waals surface area contributed by atoms with Gasteiger partial charge in [0.05, 0.1) is 5.56 Å². The normalized spacial score (nSPS) is 11.0. The van der Waals surface area contributed by atoms with Gasteiger partial charge in [0, 0.05) is 30.6 Å². The molecule has 0 radical (unpaired) electrons. The topological polar surface area (TPSA) is 84.1 Å². The zero-order valence-corrected chi connectivity index (χ0v) is 11.8. The number of aliphatic hydroxyl groups excluding tert-OH is 1. The van der Waals surface area contributed by atoms with Crippen molar-refractivity contribution in [2.45, 2.75) is 6.42 Å². The molecule has 1 aromatic carbocycles. The lowest BCUT2D eigenvalue weighted by molar-refractivity contribution is 0.292. The van der Waals surface area contributed by atoms with Gasteiger partial charge in [0.2, 0.25) is 11.8 Å². The average Bonchev–Trinajstić information content (AvgIpc) is 2.91. The van der Waals surface area contributed by atoms with Crippen LogP contribution < -0.4 is 5.32 Å². The Labute approximate surface area is 125 Å². The Hall–Kier alpha value is -2.18. The molecule has 108 valence electrons. The minimum Gasteiger partial charge on any atom is -0.436 e. The maximum atomic E-state index is 8.71. The predicted octanol–water partition coefficient (Wildman–Crippen LogP) is 2.73. The van der Waals surface area contributed by atoms with Crippen LogP contribution in [0.25, 0.3) is 22.6 Å². The molecule has 0 aliphatic rings. The van der Waals surface area contributed by atoms with Crippen LogP contribution in [-0.4, -0.2) is 33.2 Å². The molecule has 0 spiro atoms. The highest BCUT2D eigenvalue weighted by Gasteiger charge is 2.09. The highest BCUT2D eigenvalue weighted by atomic mass is 35.5. The van der Waals surface area contributed by atoms with Gasteiger partial charge in [0.1, 0.15) is 5.52 Å². The first kappa shape index (κ1) is 13.8. The summed E-state index contributed by atoms with van der Waals surface area (Å²) < 4.78 is 5.64. The molecule has 0 unspecified atom stereocenters. The van der Waals surface area contributed by atoms with Gasteiger partial charge in [-0.3, -0.25) is 0 Å². The van der Waals surface area contributed by atoms with Gasteiger partial charge in [-0.25, -0.2) is 15.0 Å². The van der Waals surface area contributed by atoms with Crippen molar-refractivity contribution in [2.75, 3.05) is 18.5 Å². The highest BCUT2D eigenvalue weighted by molar-refractivity contribution is 6.31. The van der Waals surface area contributed by atoms with Crippen LogP contribution in [0.4, 0.5) is 5.95 Å². The van der Waals surface area contributed by atoms with E-state index >= 15 is 0 Å². The highest BCUT2D eigenvalue weighted by Crippen LogP contribution is 2.25. The molecule has 0 amide bonds. The van der Waals surface area contributed by atoms with E-state index in [9.17, 15) is 0 Å². The summed E-state index contributed by atoms with van der Waals surface area (Å²) in [4.78, 5) is 12.7. The monoisotopic (exact) mass is 304 g/mol.